The van der Waals surface area contributed by atoms with Crippen molar-refractivity contribution in [2.75, 3.05) is 13.2 Å². The van der Waals surface area contributed by atoms with E-state index in [-0.39, 0.29) is 18.4 Å². The molecule has 0 radical (unpaired) electrons. The van der Waals surface area contributed by atoms with Crippen LogP contribution in [-0.2, 0) is 9.53 Å². The van der Waals surface area contributed by atoms with E-state index in [4.69, 9.17) is 9.47 Å². The SMILES string of the molecule is CCOC(=O)C[C@H]([NH3+])c1ccccc1OCC. The van der Waals surface area contributed by atoms with Crippen LogP contribution in [0.1, 0.15) is 31.9 Å². The van der Waals surface area contributed by atoms with Crippen molar-refractivity contribution < 1.29 is 20.0 Å². The fourth-order valence-electron chi connectivity index (χ4n) is 1.64. The van der Waals surface area contributed by atoms with Crippen LogP contribution < -0.4 is 10.5 Å². The third-order valence-electron chi connectivity index (χ3n) is 2.38. The minimum atomic E-state index is -0.223. The molecule has 0 saturated heterocycles. The van der Waals surface area contributed by atoms with Gasteiger partial charge in [0.15, 0.2) is 0 Å². The predicted octanol–water partition coefficient (Wildman–Crippen LogP) is 1.32. The van der Waals surface area contributed by atoms with Gasteiger partial charge >= 0.3 is 5.97 Å². The van der Waals surface area contributed by atoms with Gasteiger partial charge in [-0.2, -0.15) is 0 Å². The van der Waals surface area contributed by atoms with Crippen LogP contribution >= 0.6 is 0 Å². The Bertz CT molecular complexity index is 365. The molecule has 0 fully saturated rings. The van der Waals surface area contributed by atoms with Gasteiger partial charge in [0.1, 0.15) is 18.2 Å². The smallest absolute Gasteiger partial charge is 0.312 e. The molecule has 0 spiro atoms. The molecule has 0 bridgehead atoms. The summed E-state index contributed by atoms with van der Waals surface area (Å²) in [6.07, 6.45) is 0.276. The van der Waals surface area contributed by atoms with Crippen LogP contribution in [0.25, 0.3) is 0 Å². The molecule has 3 N–H and O–H groups in total. The second kappa shape index (κ2) is 6.91. The summed E-state index contributed by atoms with van der Waals surface area (Å²) in [5, 5.41) is 0. The third kappa shape index (κ3) is 4.07. The Hall–Kier alpha value is -1.55. The Balaban J connectivity index is 2.73. The van der Waals surface area contributed by atoms with E-state index >= 15 is 0 Å². The zero-order valence-electron chi connectivity index (χ0n) is 10.4. The van der Waals surface area contributed by atoms with Crippen LogP contribution in [0.2, 0.25) is 0 Å². The topological polar surface area (TPSA) is 63.2 Å². The molecule has 1 aromatic rings. The Morgan fingerprint density at radius 2 is 2.00 bits per heavy atom. The first-order chi connectivity index (χ1) is 8.19. The summed E-state index contributed by atoms with van der Waals surface area (Å²) in [5.41, 5.74) is 4.94. The fraction of sp³-hybridized carbons (Fsp3) is 0.462. The molecule has 0 unspecified atom stereocenters. The van der Waals surface area contributed by atoms with Crippen molar-refractivity contribution in [1.82, 2.24) is 0 Å². The van der Waals surface area contributed by atoms with Crippen molar-refractivity contribution in [3.63, 3.8) is 0 Å². The summed E-state index contributed by atoms with van der Waals surface area (Å²) in [6, 6.07) is 7.51. The average Bonchev–Trinajstić information content (AvgIpc) is 2.30. The highest BCUT2D eigenvalue weighted by molar-refractivity contribution is 5.70. The highest BCUT2D eigenvalue weighted by atomic mass is 16.5. The Morgan fingerprint density at radius 1 is 1.29 bits per heavy atom. The van der Waals surface area contributed by atoms with Crippen LogP contribution in [0, 0.1) is 0 Å². The van der Waals surface area contributed by atoms with Gasteiger partial charge in [-0.15, -0.1) is 0 Å². The summed E-state index contributed by atoms with van der Waals surface area (Å²) in [4.78, 5) is 11.4. The number of quaternary nitrogens is 1. The number of para-hydroxylation sites is 1. The number of benzene rings is 1. The van der Waals surface area contributed by atoms with E-state index in [2.05, 4.69) is 5.73 Å². The molecule has 0 aliphatic carbocycles. The molecular formula is C13H20NO3+. The minimum Gasteiger partial charge on any atom is -0.493 e. The van der Waals surface area contributed by atoms with Crippen LogP contribution in [-0.4, -0.2) is 19.2 Å². The average molecular weight is 238 g/mol. The van der Waals surface area contributed by atoms with Gasteiger partial charge in [0.2, 0.25) is 0 Å². The summed E-state index contributed by atoms with van der Waals surface area (Å²) in [5.74, 6) is 0.568. The van der Waals surface area contributed by atoms with Gasteiger partial charge in [0, 0.05) is 0 Å². The van der Waals surface area contributed by atoms with Crippen molar-refractivity contribution in [1.29, 1.82) is 0 Å². The zero-order valence-corrected chi connectivity index (χ0v) is 10.4. The minimum absolute atomic E-state index is 0.142. The van der Waals surface area contributed by atoms with Gasteiger partial charge in [-0.1, -0.05) is 12.1 Å². The van der Waals surface area contributed by atoms with Crippen molar-refractivity contribution in [2.45, 2.75) is 26.3 Å². The van der Waals surface area contributed by atoms with Gasteiger partial charge in [0.25, 0.3) is 0 Å². The van der Waals surface area contributed by atoms with E-state index in [1.54, 1.807) is 6.92 Å². The summed E-state index contributed by atoms with van der Waals surface area (Å²) >= 11 is 0. The van der Waals surface area contributed by atoms with Gasteiger partial charge < -0.3 is 15.2 Å². The van der Waals surface area contributed by atoms with Crippen molar-refractivity contribution in [3.05, 3.63) is 29.8 Å². The van der Waals surface area contributed by atoms with Crippen LogP contribution in [0.5, 0.6) is 5.75 Å². The lowest BCUT2D eigenvalue weighted by Gasteiger charge is -2.13. The van der Waals surface area contributed by atoms with Gasteiger partial charge in [-0.25, -0.2) is 0 Å². The number of hydrogen-bond acceptors (Lipinski definition) is 3. The van der Waals surface area contributed by atoms with E-state index in [1.807, 2.05) is 31.2 Å². The summed E-state index contributed by atoms with van der Waals surface area (Å²) in [7, 11) is 0. The van der Waals surface area contributed by atoms with Crippen LogP contribution in [0.15, 0.2) is 24.3 Å². The second-order valence-corrected chi connectivity index (χ2v) is 3.68. The number of esters is 1. The molecule has 17 heavy (non-hydrogen) atoms. The molecule has 1 atom stereocenters. The fourth-order valence-corrected chi connectivity index (χ4v) is 1.64. The lowest BCUT2D eigenvalue weighted by molar-refractivity contribution is -0.426. The largest absolute Gasteiger partial charge is 0.493 e. The lowest BCUT2D eigenvalue weighted by Crippen LogP contribution is -2.54. The molecule has 1 aromatic carbocycles. The Labute approximate surface area is 102 Å². The number of rotatable bonds is 6. The molecule has 0 aromatic heterocycles. The maximum Gasteiger partial charge on any atom is 0.312 e. The molecule has 0 heterocycles. The second-order valence-electron chi connectivity index (χ2n) is 3.68. The van der Waals surface area contributed by atoms with Gasteiger partial charge in [0.05, 0.1) is 18.8 Å². The number of ether oxygens (including phenoxy) is 2. The van der Waals surface area contributed by atoms with E-state index in [0.29, 0.717) is 13.2 Å². The zero-order chi connectivity index (χ0) is 12.7. The van der Waals surface area contributed by atoms with E-state index in [0.717, 1.165) is 11.3 Å². The molecule has 0 saturated carbocycles. The van der Waals surface area contributed by atoms with E-state index in [1.165, 1.54) is 0 Å². The quantitative estimate of drug-likeness (QED) is 0.760. The van der Waals surface area contributed by atoms with Gasteiger partial charge in [-0.05, 0) is 26.0 Å². The first-order valence-electron chi connectivity index (χ1n) is 5.89. The monoisotopic (exact) mass is 238 g/mol. The highest BCUT2D eigenvalue weighted by Gasteiger charge is 2.19. The van der Waals surface area contributed by atoms with Crippen molar-refractivity contribution in [3.8, 4) is 5.75 Å². The lowest BCUT2D eigenvalue weighted by atomic mass is 10.0. The van der Waals surface area contributed by atoms with E-state index in [9.17, 15) is 4.79 Å². The summed E-state index contributed by atoms with van der Waals surface area (Å²) < 4.78 is 10.4. The first kappa shape index (κ1) is 13.5. The highest BCUT2D eigenvalue weighted by Crippen LogP contribution is 2.24. The third-order valence-corrected chi connectivity index (χ3v) is 2.38. The maximum absolute atomic E-state index is 11.4. The van der Waals surface area contributed by atoms with Crippen molar-refractivity contribution >= 4 is 5.97 Å². The standard InChI is InChI=1S/C13H19NO3/c1-3-16-12-8-6-5-7-10(12)11(14)9-13(15)17-4-2/h5-8,11H,3-4,9,14H2,1-2H3/p+1/t11-/m0/s1. The first-order valence-corrected chi connectivity index (χ1v) is 5.89. The number of hydrogen-bond donors (Lipinski definition) is 1. The van der Waals surface area contributed by atoms with Crippen LogP contribution in [0.4, 0.5) is 0 Å². The summed E-state index contributed by atoms with van der Waals surface area (Å²) in [6.45, 7) is 4.73. The molecule has 4 nitrogen and oxygen atoms in total. The number of carbonyl (C=O) groups is 1. The molecule has 94 valence electrons. The van der Waals surface area contributed by atoms with Crippen molar-refractivity contribution in [2.24, 2.45) is 0 Å². The number of carbonyl (C=O) groups excluding carboxylic acids is 1. The Morgan fingerprint density at radius 3 is 2.65 bits per heavy atom. The van der Waals surface area contributed by atoms with Crippen LogP contribution in [0.3, 0.4) is 0 Å². The van der Waals surface area contributed by atoms with E-state index < -0.39 is 0 Å². The van der Waals surface area contributed by atoms with Gasteiger partial charge in [-0.3, -0.25) is 4.79 Å². The molecule has 4 heteroatoms. The molecular weight excluding hydrogens is 218 g/mol. The normalized spacial score (nSPS) is 11.9. The Kier molecular flexibility index (Phi) is 5.49. The molecule has 0 aliphatic rings. The molecule has 1 rings (SSSR count). The molecule has 0 aliphatic heterocycles. The predicted molar refractivity (Wildman–Crippen MR) is 64.5 cm³/mol. The maximum atomic E-state index is 11.4. The molecule has 0 amide bonds.